The summed E-state index contributed by atoms with van der Waals surface area (Å²) < 4.78 is 26.1. The van der Waals surface area contributed by atoms with Crippen molar-refractivity contribution >= 4 is 16.2 Å². The molecular weight excluding hydrogens is 232 g/mol. The lowest BCUT2D eigenvalue weighted by molar-refractivity contribution is -0.137. The molecule has 0 aliphatic rings. The molecule has 0 unspecified atom stereocenters. The van der Waals surface area contributed by atoms with Gasteiger partial charge in [-0.15, -0.1) is 0 Å². The summed E-state index contributed by atoms with van der Waals surface area (Å²) in [5, 5.41) is 8.45. The first kappa shape index (κ1) is 15.3. The minimum absolute atomic E-state index is 0.0226. The van der Waals surface area contributed by atoms with Crippen LogP contribution in [-0.2, 0) is 15.0 Å². The van der Waals surface area contributed by atoms with E-state index in [1.165, 1.54) is 22.7 Å². The van der Waals surface area contributed by atoms with Gasteiger partial charge in [-0.2, -0.15) is 17.0 Å². The SMILES string of the molecule is CC(C)N(C)S(=O)(=O)N(C)CCCC(=O)O. The molecule has 0 saturated carbocycles. The number of aliphatic carboxylic acids is 1. The quantitative estimate of drug-likeness (QED) is 0.710. The van der Waals surface area contributed by atoms with Crippen LogP contribution in [0.3, 0.4) is 0 Å². The van der Waals surface area contributed by atoms with Crippen molar-refractivity contribution in [1.82, 2.24) is 8.61 Å². The molecule has 0 aliphatic carbocycles. The Labute approximate surface area is 97.0 Å². The van der Waals surface area contributed by atoms with Gasteiger partial charge in [0.25, 0.3) is 10.2 Å². The molecule has 96 valence electrons. The predicted octanol–water partition coefficient (Wildman–Crippen LogP) is 0.368. The van der Waals surface area contributed by atoms with Crippen molar-refractivity contribution in [1.29, 1.82) is 0 Å². The molecule has 0 amide bonds. The maximum Gasteiger partial charge on any atom is 0.303 e. The molecule has 7 heteroatoms. The molecule has 0 bridgehead atoms. The van der Waals surface area contributed by atoms with Crippen LogP contribution in [0.2, 0.25) is 0 Å². The summed E-state index contributed by atoms with van der Waals surface area (Å²) in [7, 11) is -0.500. The Kier molecular flexibility index (Phi) is 5.91. The molecule has 0 aromatic heterocycles. The zero-order valence-electron chi connectivity index (χ0n) is 10.2. The van der Waals surface area contributed by atoms with Gasteiger partial charge in [0.15, 0.2) is 0 Å². The first-order chi connectivity index (χ1) is 7.19. The fraction of sp³-hybridized carbons (Fsp3) is 0.889. The van der Waals surface area contributed by atoms with E-state index in [0.717, 1.165) is 0 Å². The number of carbonyl (C=O) groups is 1. The van der Waals surface area contributed by atoms with Gasteiger partial charge in [-0.1, -0.05) is 0 Å². The van der Waals surface area contributed by atoms with Crippen molar-refractivity contribution in [3.05, 3.63) is 0 Å². The van der Waals surface area contributed by atoms with Gasteiger partial charge in [-0.05, 0) is 20.3 Å². The maximum atomic E-state index is 11.9. The van der Waals surface area contributed by atoms with Crippen molar-refractivity contribution in [2.24, 2.45) is 0 Å². The van der Waals surface area contributed by atoms with Crippen LogP contribution in [0.4, 0.5) is 0 Å². The highest BCUT2D eigenvalue weighted by atomic mass is 32.2. The van der Waals surface area contributed by atoms with Crippen molar-refractivity contribution in [2.45, 2.75) is 32.7 Å². The number of carboxylic acid groups (broad SMARTS) is 1. The van der Waals surface area contributed by atoms with Crippen molar-refractivity contribution in [3.63, 3.8) is 0 Å². The molecule has 0 aliphatic heterocycles. The van der Waals surface area contributed by atoms with Crippen LogP contribution in [0.15, 0.2) is 0 Å². The van der Waals surface area contributed by atoms with Gasteiger partial charge in [0.05, 0.1) is 0 Å². The highest BCUT2D eigenvalue weighted by Gasteiger charge is 2.25. The van der Waals surface area contributed by atoms with Crippen LogP contribution in [0, 0.1) is 0 Å². The third kappa shape index (κ3) is 4.46. The van der Waals surface area contributed by atoms with Crippen LogP contribution in [0.25, 0.3) is 0 Å². The standard InChI is InChI=1S/C9H20N2O4S/c1-8(2)11(4)16(14,15)10(3)7-5-6-9(12)13/h8H,5-7H2,1-4H3,(H,12,13). The molecule has 0 radical (unpaired) electrons. The summed E-state index contributed by atoms with van der Waals surface area (Å²) in [5.74, 6) is -0.914. The average molecular weight is 252 g/mol. The minimum Gasteiger partial charge on any atom is -0.481 e. The summed E-state index contributed by atoms with van der Waals surface area (Å²) in [5.41, 5.74) is 0. The third-order valence-corrected chi connectivity index (χ3v) is 4.47. The number of hydrogen-bond acceptors (Lipinski definition) is 3. The molecule has 0 atom stereocenters. The molecule has 0 rings (SSSR count). The van der Waals surface area contributed by atoms with E-state index in [-0.39, 0.29) is 19.0 Å². The number of nitrogens with zero attached hydrogens (tertiary/aromatic N) is 2. The Morgan fingerprint density at radius 1 is 1.31 bits per heavy atom. The molecule has 0 fully saturated rings. The first-order valence-electron chi connectivity index (χ1n) is 5.10. The van der Waals surface area contributed by atoms with E-state index >= 15 is 0 Å². The molecule has 0 aromatic carbocycles. The maximum absolute atomic E-state index is 11.9. The van der Waals surface area contributed by atoms with E-state index in [1.54, 1.807) is 13.8 Å². The van der Waals surface area contributed by atoms with Gasteiger partial charge < -0.3 is 5.11 Å². The number of rotatable bonds is 7. The van der Waals surface area contributed by atoms with Gasteiger partial charge in [0.1, 0.15) is 0 Å². The van der Waals surface area contributed by atoms with E-state index in [2.05, 4.69) is 0 Å². The number of carboxylic acids is 1. The van der Waals surface area contributed by atoms with Gasteiger partial charge in [-0.25, -0.2) is 0 Å². The summed E-state index contributed by atoms with van der Waals surface area (Å²) in [6.45, 7) is 3.77. The molecule has 0 heterocycles. The van der Waals surface area contributed by atoms with Crippen molar-refractivity contribution in [2.75, 3.05) is 20.6 Å². The lowest BCUT2D eigenvalue weighted by Crippen LogP contribution is -2.43. The van der Waals surface area contributed by atoms with Crippen LogP contribution in [0.5, 0.6) is 0 Å². The normalized spacial score (nSPS) is 12.7. The smallest absolute Gasteiger partial charge is 0.303 e. The molecule has 0 spiro atoms. The zero-order chi connectivity index (χ0) is 12.9. The second-order valence-corrected chi connectivity index (χ2v) is 6.03. The Hall–Kier alpha value is -0.660. The average Bonchev–Trinajstić information content (AvgIpc) is 2.15. The molecular formula is C9H20N2O4S. The Bertz CT molecular complexity index is 326. The van der Waals surface area contributed by atoms with E-state index in [1.807, 2.05) is 0 Å². The van der Waals surface area contributed by atoms with E-state index in [0.29, 0.717) is 6.42 Å². The summed E-state index contributed by atoms with van der Waals surface area (Å²) in [6, 6.07) is -0.119. The van der Waals surface area contributed by atoms with Gasteiger partial charge in [0.2, 0.25) is 0 Å². The molecule has 0 saturated heterocycles. The Morgan fingerprint density at radius 3 is 2.19 bits per heavy atom. The van der Waals surface area contributed by atoms with E-state index < -0.39 is 16.2 Å². The second kappa shape index (κ2) is 6.17. The predicted molar refractivity (Wildman–Crippen MR) is 61.3 cm³/mol. The molecule has 16 heavy (non-hydrogen) atoms. The van der Waals surface area contributed by atoms with Gasteiger partial charge in [-0.3, -0.25) is 4.79 Å². The van der Waals surface area contributed by atoms with Crippen molar-refractivity contribution in [3.8, 4) is 0 Å². The Balaban J connectivity index is 4.36. The minimum atomic E-state index is -3.46. The lowest BCUT2D eigenvalue weighted by Gasteiger charge is -2.26. The first-order valence-corrected chi connectivity index (χ1v) is 6.50. The molecule has 0 aromatic rings. The van der Waals surface area contributed by atoms with Crippen molar-refractivity contribution < 1.29 is 18.3 Å². The second-order valence-electron chi connectivity index (χ2n) is 3.94. The monoisotopic (exact) mass is 252 g/mol. The summed E-state index contributed by atoms with van der Waals surface area (Å²) in [4.78, 5) is 10.3. The van der Waals surface area contributed by atoms with E-state index in [4.69, 9.17) is 5.11 Å². The van der Waals surface area contributed by atoms with Crippen LogP contribution < -0.4 is 0 Å². The zero-order valence-corrected chi connectivity index (χ0v) is 11.0. The van der Waals surface area contributed by atoms with E-state index in [9.17, 15) is 13.2 Å². The van der Waals surface area contributed by atoms with Crippen LogP contribution >= 0.6 is 0 Å². The topological polar surface area (TPSA) is 77.9 Å². The highest BCUT2D eigenvalue weighted by molar-refractivity contribution is 7.86. The third-order valence-electron chi connectivity index (χ3n) is 2.35. The van der Waals surface area contributed by atoms with Crippen LogP contribution in [-0.4, -0.2) is 54.8 Å². The Morgan fingerprint density at radius 2 is 1.81 bits per heavy atom. The van der Waals surface area contributed by atoms with Gasteiger partial charge in [0, 0.05) is 33.1 Å². The van der Waals surface area contributed by atoms with Crippen LogP contribution in [0.1, 0.15) is 26.7 Å². The summed E-state index contributed by atoms with van der Waals surface area (Å²) in [6.07, 6.45) is 0.294. The largest absolute Gasteiger partial charge is 0.481 e. The highest BCUT2D eigenvalue weighted by Crippen LogP contribution is 2.08. The number of hydrogen-bond donors (Lipinski definition) is 1. The summed E-state index contributed by atoms with van der Waals surface area (Å²) >= 11 is 0. The molecule has 6 nitrogen and oxygen atoms in total. The lowest BCUT2D eigenvalue weighted by atomic mass is 10.3. The fourth-order valence-corrected chi connectivity index (χ4v) is 2.39. The molecule has 1 N–H and O–H groups in total. The fourth-order valence-electron chi connectivity index (χ4n) is 1.05. The van der Waals surface area contributed by atoms with Gasteiger partial charge >= 0.3 is 5.97 Å².